The highest BCUT2D eigenvalue weighted by Crippen LogP contribution is 2.31. The summed E-state index contributed by atoms with van der Waals surface area (Å²) in [6.07, 6.45) is 2.43. The van der Waals surface area contributed by atoms with Gasteiger partial charge in [-0.05, 0) is 42.4 Å². The summed E-state index contributed by atoms with van der Waals surface area (Å²) in [4.78, 5) is 1.41. The van der Waals surface area contributed by atoms with E-state index >= 15 is 0 Å². The molecule has 1 atom stereocenters. The number of thioether (sulfide) groups is 1. The van der Waals surface area contributed by atoms with Crippen molar-refractivity contribution in [2.75, 3.05) is 24.2 Å². The van der Waals surface area contributed by atoms with Crippen LogP contribution in [0.5, 0.6) is 0 Å². The van der Waals surface area contributed by atoms with E-state index in [9.17, 15) is 0 Å². The first-order valence-electron chi connectivity index (χ1n) is 5.65. The predicted octanol–water partition coefficient (Wildman–Crippen LogP) is 1.46. The highest BCUT2D eigenvalue weighted by molar-refractivity contribution is 7.99. The van der Waals surface area contributed by atoms with Crippen molar-refractivity contribution in [3.8, 4) is 0 Å². The van der Waals surface area contributed by atoms with Gasteiger partial charge in [-0.25, -0.2) is 0 Å². The van der Waals surface area contributed by atoms with Crippen LogP contribution >= 0.6 is 11.8 Å². The molecule has 0 saturated carbocycles. The van der Waals surface area contributed by atoms with Gasteiger partial charge in [0, 0.05) is 23.2 Å². The molecule has 2 rings (SSSR count). The zero-order chi connectivity index (χ0) is 11.4. The Balaban J connectivity index is 2.00. The largest absolute Gasteiger partial charge is 0.395 e. The fraction of sp³-hybridized carbons (Fsp3) is 0.500. The lowest BCUT2D eigenvalue weighted by molar-refractivity contribution is 0.270. The molecule has 1 unspecified atom stereocenters. The number of hydrogen-bond acceptors (Lipinski definition) is 4. The van der Waals surface area contributed by atoms with Crippen LogP contribution in [0.25, 0.3) is 0 Å². The maximum absolute atomic E-state index is 8.84. The summed E-state index contributed by atoms with van der Waals surface area (Å²) < 4.78 is 0. The van der Waals surface area contributed by atoms with Crippen LogP contribution in [-0.4, -0.2) is 30.1 Å². The second-order valence-corrected chi connectivity index (χ2v) is 5.23. The molecule has 0 amide bonds. The summed E-state index contributed by atoms with van der Waals surface area (Å²) in [6, 6.07) is 6.27. The van der Waals surface area contributed by atoms with Gasteiger partial charge in [0.2, 0.25) is 0 Å². The number of anilines is 1. The molecule has 4 heteroatoms. The molecular formula is C12H18N2OS. The monoisotopic (exact) mass is 238 g/mol. The molecule has 0 aromatic heterocycles. The number of hydrogen-bond donors (Lipinski definition) is 3. The van der Waals surface area contributed by atoms with Gasteiger partial charge in [0.1, 0.15) is 0 Å². The lowest BCUT2D eigenvalue weighted by Crippen LogP contribution is -2.32. The summed E-state index contributed by atoms with van der Waals surface area (Å²) in [5.41, 5.74) is 8.17. The predicted molar refractivity (Wildman–Crippen MR) is 69.0 cm³/mol. The fourth-order valence-corrected chi connectivity index (χ4v) is 2.80. The number of nitrogens with one attached hydrogen (secondary N) is 1. The van der Waals surface area contributed by atoms with Crippen molar-refractivity contribution in [2.24, 2.45) is 5.73 Å². The first kappa shape index (κ1) is 11.8. The van der Waals surface area contributed by atoms with Gasteiger partial charge >= 0.3 is 0 Å². The molecule has 0 bridgehead atoms. The molecule has 0 saturated heterocycles. The van der Waals surface area contributed by atoms with Crippen LogP contribution in [0.3, 0.4) is 0 Å². The minimum Gasteiger partial charge on any atom is -0.395 e. The number of aliphatic hydroxyl groups excluding tert-OH is 1. The number of aliphatic hydroxyl groups is 1. The lowest BCUT2D eigenvalue weighted by atomic mass is 10.1. The fourth-order valence-electron chi connectivity index (χ4n) is 1.78. The quantitative estimate of drug-likeness (QED) is 0.743. The highest BCUT2D eigenvalue weighted by Gasteiger charge is 2.10. The second-order valence-electron chi connectivity index (χ2n) is 4.10. The topological polar surface area (TPSA) is 58.3 Å². The minimum absolute atomic E-state index is 0.0216. The van der Waals surface area contributed by atoms with Crippen LogP contribution in [0.2, 0.25) is 0 Å². The molecule has 4 N–H and O–H groups in total. The van der Waals surface area contributed by atoms with Crippen molar-refractivity contribution in [3.63, 3.8) is 0 Å². The van der Waals surface area contributed by atoms with Gasteiger partial charge in [0.15, 0.2) is 0 Å². The molecule has 1 aromatic carbocycles. The maximum atomic E-state index is 8.84. The number of fused-ring (bicyclic) bond motifs is 1. The first-order chi connectivity index (χ1) is 7.79. The molecule has 88 valence electrons. The number of benzene rings is 1. The third-order valence-electron chi connectivity index (χ3n) is 2.71. The molecule has 1 aliphatic rings. The van der Waals surface area contributed by atoms with Crippen LogP contribution in [0.1, 0.15) is 12.0 Å². The van der Waals surface area contributed by atoms with E-state index in [0.717, 1.165) is 5.69 Å². The normalized spacial score (nSPS) is 16.6. The number of nitrogens with two attached hydrogens (primary N) is 1. The van der Waals surface area contributed by atoms with Crippen LogP contribution in [0, 0.1) is 0 Å². The Labute approximate surface area is 100 Å². The van der Waals surface area contributed by atoms with Crippen molar-refractivity contribution in [2.45, 2.75) is 23.8 Å². The average molecular weight is 238 g/mol. The molecule has 0 aliphatic carbocycles. The molecule has 1 heterocycles. The average Bonchev–Trinajstić information content (AvgIpc) is 2.35. The SMILES string of the molecule is NC(CO)CNc1ccc2c(c1)CCCS2. The van der Waals surface area contributed by atoms with E-state index in [1.807, 2.05) is 11.8 Å². The van der Waals surface area contributed by atoms with Gasteiger partial charge in [-0.2, -0.15) is 0 Å². The van der Waals surface area contributed by atoms with Crippen LogP contribution < -0.4 is 11.1 Å². The van der Waals surface area contributed by atoms with Gasteiger partial charge in [0.25, 0.3) is 0 Å². The van der Waals surface area contributed by atoms with E-state index < -0.39 is 0 Å². The van der Waals surface area contributed by atoms with Gasteiger partial charge < -0.3 is 16.2 Å². The van der Waals surface area contributed by atoms with Gasteiger partial charge in [0.05, 0.1) is 6.61 Å². The summed E-state index contributed by atoms with van der Waals surface area (Å²) in [6.45, 7) is 0.635. The summed E-state index contributed by atoms with van der Waals surface area (Å²) in [5.74, 6) is 1.23. The Morgan fingerprint density at radius 1 is 1.50 bits per heavy atom. The standard InChI is InChI=1S/C12H18N2OS/c13-10(8-15)7-14-11-3-4-12-9(6-11)2-1-5-16-12/h3-4,6,10,14-15H,1-2,5,7-8,13H2. The Kier molecular flexibility index (Phi) is 4.09. The zero-order valence-electron chi connectivity index (χ0n) is 9.28. The molecule has 1 aromatic rings. The zero-order valence-corrected chi connectivity index (χ0v) is 10.1. The Hall–Kier alpha value is -0.710. The maximum Gasteiger partial charge on any atom is 0.0599 e. The van der Waals surface area contributed by atoms with Crippen molar-refractivity contribution in [3.05, 3.63) is 23.8 Å². The third kappa shape index (κ3) is 2.90. The van der Waals surface area contributed by atoms with E-state index in [4.69, 9.17) is 10.8 Å². The van der Waals surface area contributed by atoms with Gasteiger partial charge in [-0.1, -0.05) is 0 Å². The second kappa shape index (κ2) is 5.57. The molecule has 1 aliphatic heterocycles. The molecule has 16 heavy (non-hydrogen) atoms. The Bertz CT molecular complexity index is 357. The first-order valence-corrected chi connectivity index (χ1v) is 6.64. The van der Waals surface area contributed by atoms with E-state index in [1.165, 1.54) is 29.1 Å². The third-order valence-corrected chi connectivity index (χ3v) is 3.91. The van der Waals surface area contributed by atoms with Crippen LogP contribution in [-0.2, 0) is 6.42 Å². The van der Waals surface area contributed by atoms with E-state index in [2.05, 4.69) is 23.5 Å². The van der Waals surface area contributed by atoms with Gasteiger partial charge in [-0.15, -0.1) is 11.8 Å². The molecule has 0 radical (unpaired) electrons. The smallest absolute Gasteiger partial charge is 0.0599 e. The lowest BCUT2D eigenvalue weighted by Gasteiger charge is -2.17. The van der Waals surface area contributed by atoms with E-state index in [-0.39, 0.29) is 12.6 Å². The molecule has 0 fully saturated rings. The number of rotatable bonds is 4. The van der Waals surface area contributed by atoms with Crippen molar-refractivity contribution in [1.82, 2.24) is 0 Å². The van der Waals surface area contributed by atoms with Crippen LogP contribution in [0.15, 0.2) is 23.1 Å². The van der Waals surface area contributed by atoms with Gasteiger partial charge in [-0.3, -0.25) is 0 Å². The summed E-state index contributed by atoms with van der Waals surface area (Å²) >= 11 is 1.93. The summed E-state index contributed by atoms with van der Waals surface area (Å²) in [5, 5.41) is 12.1. The molecule has 0 spiro atoms. The van der Waals surface area contributed by atoms with E-state index in [0.29, 0.717) is 6.54 Å². The minimum atomic E-state index is -0.189. The molecular weight excluding hydrogens is 220 g/mol. The highest BCUT2D eigenvalue weighted by atomic mass is 32.2. The van der Waals surface area contributed by atoms with Crippen molar-refractivity contribution in [1.29, 1.82) is 0 Å². The molecule has 3 nitrogen and oxygen atoms in total. The van der Waals surface area contributed by atoms with Crippen LogP contribution in [0.4, 0.5) is 5.69 Å². The van der Waals surface area contributed by atoms with Crippen molar-refractivity contribution >= 4 is 17.4 Å². The summed E-state index contributed by atoms with van der Waals surface area (Å²) in [7, 11) is 0. The van der Waals surface area contributed by atoms with Crippen molar-refractivity contribution < 1.29 is 5.11 Å². The Morgan fingerprint density at radius 3 is 3.19 bits per heavy atom. The van der Waals surface area contributed by atoms with E-state index in [1.54, 1.807) is 0 Å². The Morgan fingerprint density at radius 2 is 2.38 bits per heavy atom. The number of aryl methyl sites for hydroxylation is 1.